The molecule has 11 heteroatoms. The van der Waals surface area contributed by atoms with E-state index < -0.39 is 27.8 Å². The number of sulfone groups is 1. The van der Waals surface area contributed by atoms with Crippen LogP contribution >= 0.6 is 11.8 Å². The smallest absolute Gasteiger partial charge is 0.326 e. The van der Waals surface area contributed by atoms with Crippen molar-refractivity contribution in [2.45, 2.75) is 53.4 Å². The minimum absolute atomic E-state index is 0.197. The van der Waals surface area contributed by atoms with Crippen LogP contribution in [0.1, 0.15) is 54.4 Å². The summed E-state index contributed by atoms with van der Waals surface area (Å²) in [6.45, 7) is 8.49. The Kier molecular flexibility index (Phi) is 16.3. The molecular formula is C35H44N2O7S2. The van der Waals surface area contributed by atoms with Gasteiger partial charge in [-0.25, -0.2) is 18.2 Å². The van der Waals surface area contributed by atoms with Crippen molar-refractivity contribution in [1.29, 1.82) is 0 Å². The second-order valence-electron chi connectivity index (χ2n) is 10.0. The molecular weight excluding hydrogens is 625 g/mol. The number of amides is 1. The second-order valence-corrected chi connectivity index (χ2v) is 13.5. The van der Waals surface area contributed by atoms with Crippen LogP contribution in [0.4, 0.5) is 0 Å². The Bertz CT molecular complexity index is 1640. The first kappa shape index (κ1) is 38.3. The Morgan fingerprint density at radius 1 is 1.00 bits per heavy atom. The first-order valence-corrected chi connectivity index (χ1v) is 18.4. The molecule has 1 heterocycles. The molecule has 0 spiro atoms. The molecule has 9 nitrogen and oxygen atoms in total. The summed E-state index contributed by atoms with van der Waals surface area (Å²) < 4.78 is 34.7. The molecule has 1 atom stereocenters. The zero-order valence-electron chi connectivity index (χ0n) is 27.3. The molecule has 0 radical (unpaired) electrons. The Labute approximate surface area is 276 Å². The molecule has 1 amide bonds. The van der Waals surface area contributed by atoms with Crippen molar-refractivity contribution in [3.63, 3.8) is 0 Å². The van der Waals surface area contributed by atoms with E-state index in [-0.39, 0.29) is 31.0 Å². The van der Waals surface area contributed by atoms with Gasteiger partial charge < -0.3 is 19.6 Å². The molecule has 0 aliphatic heterocycles. The minimum Gasteiger partial charge on any atom is -0.480 e. The number of rotatable bonds is 13. The summed E-state index contributed by atoms with van der Waals surface area (Å²) in [6, 6.07) is 20.9. The lowest BCUT2D eigenvalue weighted by Crippen LogP contribution is -2.42. The van der Waals surface area contributed by atoms with E-state index in [2.05, 4.69) is 23.5 Å². The van der Waals surface area contributed by atoms with E-state index in [4.69, 9.17) is 9.15 Å². The van der Waals surface area contributed by atoms with Crippen molar-refractivity contribution in [3.8, 4) is 22.6 Å². The quantitative estimate of drug-likeness (QED) is 0.154. The molecule has 0 aliphatic rings. The monoisotopic (exact) mass is 668 g/mol. The molecule has 46 heavy (non-hydrogen) atoms. The maximum atomic E-state index is 13.2. The van der Waals surface area contributed by atoms with E-state index in [0.717, 1.165) is 28.5 Å². The molecule has 248 valence electrons. The van der Waals surface area contributed by atoms with Gasteiger partial charge in [0.1, 0.15) is 22.5 Å². The summed E-state index contributed by atoms with van der Waals surface area (Å²) in [4.78, 5) is 29.3. The molecule has 3 aromatic carbocycles. The van der Waals surface area contributed by atoms with Gasteiger partial charge in [0.15, 0.2) is 5.76 Å². The fraction of sp³-hybridized carbons (Fsp3) is 0.343. The van der Waals surface area contributed by atoms with Crippen molar-refractivity contribution in [2.75, 3.05) is 24.0 Å². The third-order valence-electron chi connectivity index (χ3n) is 6.52. The topological polar surface area (TPSA) is 136 Å². The Hall–Kier alpha value is -3.93. The third-order valence-corrected chi connectivity index (χ3v) is 8.08. The van der Waals surface area contributed by atoms with E-state index in [9.17, 15) is 23.1 Å². The number of carbonyl (C=O) groups excluding carboxylic acids is 1. The lowest BCUT2D eigenvalue weighted by molar-refractivity contribution is -0.139. The number of hydrogen-bond acceptors (Lipinski definition) is 8. The van der Waals surface area contributed by atoms with Crippen molar-refractivity contribution in [1.82, 2.24) is 10.3 Å². The van der Waals surface area contributed by atoms with Crippen LogP contribution < -0.4 is 5.32 Å². The van der Waals surface area contributed by atoms with E-state index in [1.54, 1.807) is 18.3 Å². The number of nitrogens with one attached hydrogen (secondary N) is 1. The molecule has 2 N–H and O–H groups in total. The largest absolute Gasteiger partial charge is 0.480 e. The van der Waals surface area contributed by atoms with Gasteiger partial charge in [0, 0.05) is 17.4 Å². The molecule has 1 unspecified atom stereocenters. The summed E-state index contributed by atoms with van der Waals surface area (Å²) in [6.07, 6.45) is 4.51. The van der Waals surface area contributed by atoms with Crippen LogP contribution in [0.15, 0.2) is 83.4 Å². The normalized spacial score (nSPS) is 11.3. The second kappa shape index (κ2) is 19.6. The highest BCUT2D eigenvalue weighted by atomic mass is 32.2. The van der Waals surface area contributed by atoms with E-state index >= 15 is 0 Å². The standard InChI is InChI=1S/C30H30N2O7S.C3H8S.C2H6/c1-20-8-6-7-11-24(20)26-16-21(18-38-19-23-17-31-29(39-23)22-9-4-3-5-10-22)12-13-25(26)28(33)32-27(30(34)35)14-15-40(2,36)37;1-3-4-2;1-2/h3-13,16-17,27H,14-15,18-19H2,1-2H3,(H,32,33)(H,34,35);3H2,1-2H3;1-2H3. The van der Waals surface area contributed by atoms with E-state index in [1.165, 1.54) is 5.75 Å². The Morgan fingerprint density at radius 2 is 1.65 bits per heavy atom. The summed E-state index contributed by atoms with van der Waals surface area (Å²) in [5.74, 6) is 0.0443. The van der Waals surface area contributed by atoms with Crippen LogP contribution in [0, 0.1) is 6.92 Å². The first-order valence-electron chi connectivity index (χ1n) is 15.0. The number of benzene rings is 3. The molecule has 0 fully saturated rings. The molecule has 1 aromatic heterocycles. The number of oxazole rings is 1. The van der Waals surface area contributed by atoms with Crippen LogP contribution in [-0.4, -0.2) is 60.4 Å². The fourth-order valence-corrected chi connectivity index (χ4v) is 4.82. The van der Waals surface area contributed by atoms with Gasteiger partial charge in [-0.2, -0.15) is 11.8 Å². The maximum Gasteiger partial charge on any atom is 0.326 e. The zero-order valence-corrected chi connectivity index (χ0v) is 28.9. The van der Waals surface area contributed by atoms with E-state index in [1.807, 2.05) is 93.2 Å². The predicted octanol–water partition coefficient (Wildman–Crippen LogP) is 7.05. The van der Waals surface area contributed by atoms with Crippen LogP contribution in [0.5, 0.6) is 0 Å². The van der Waals surface area contributed by atoms with Crippen molar-refractivity contribution < 1.29 is 32.3 Å². The lowest BCUT2D eigenvalue weighted by Gasteiger charge is -2.17. The SMILES string of the molecule is CC.CCSC.Cc1ccccc1-c1cc(COCc2cnc(-c3ccccc3)o2)ccc1C(=O)NC(CCS(C)(=O)=O)C(=O)O. The summed E-state index contributed by atoms with van der Waals surface area (Å²) in [5.41, 5.74) is 4.27. The summed E-state index contributed by atoms with van der Waals surface area (Å²) in [7, 11) is -3.40. The van der Waals surface area contributed by atoms with Crippen molar-refractivity contribution >= 4 is 33.5 Å². The number of aromatic nitrogens is 1. The third kappa shape index (κ3) is 12.5. The van der Waals surface area contributed by atoms with Gasteiger partial charge in [-0.05, 0) is 71.9 Å². The number of carboxylic acid groups (broad SMARTS) is 1. The van der Waals surface area contributed by atoms with Gasteiger partial charge in [-0.15, -0.1) is 0 Å². The highest BCUT2D eigenvalue weighted by Gasteiger charge is 2.24. The lowest BCUT2D eigenvalue weighted by atomic mass is 9.93. The highest BCUT2D eigenvalue weighted by Crippen LogP contribution is 2.29. The van der Waals surface area contributed by atoms with Gasteiger partial charge >= 0.3 is 5.97 Å². The molecule has 4 rings (SSSR count). The average Bonchev–Trinajstić information content (AvgIpc) is 3.53. The number of aryl methyl sites for hydroxylation is 1. The highest BCUT2D eigenvalue weighted by molar-refractivity contribution is 7.98. The van der Waals surface area contributed by atoms with Gasteiger partial charge in [-0.1, -0.05) is 69.3 Å². The summed E-state index contributed by atoms with van der Waals surface area (Å²) in [5, 5.41) is 12.0. The first-order chi connectivity index (χ1) is 22.0. The molecule has 0 saturated carbocycles. The number of thioether (sulfide) groups is 1. The van der Waals surface area contributed by atoms with Crippen LogP contribution in [0.25, 0.3) is 22.6 Å². The molecule has 4 aromatic rings. The predicted molar refractivity (Wildman–Crippen MR) is 186 cm³/mol. The number of ether oxygens (including phenoxy) is 1. The maximum absolute atomic E-state index is 13.2. The number of hydrogen-bond donors (Lipinski definition) is 2. The molecule has 0 aliphatic carbocycles. The number of nitrogens with zero attached hydrogens (tertiary/aromatic N) is 1. The number of aliphatic carboxylic acids is 1. The average molecular weight is 669 g/mol. The van der Waals surface area contributed by atoms with Gasteiger partial charge in [0.2, 0.25) is 5.89 Å². The Morgan fingerprint density at radius 3 is 2.26 bits per heavy atom. The zero-order chi connectivity index (χ0) is 34.1. The number of carbonyl (C=O) groups is 2. The van der Waals surface area contributed by atoms with Crippen LogP contribution in [0.3, 0.4) is 0 Å². The van der Waals surface area contributed by atoms with Gasteiger partial charge in [0.25, 0.3) is 5.91 Å². The molecule has 0 bridgehead atoms. The van der Waals surface area contributed by atoms with Gasteiger partial charge in [-0.3, -0.25) is 4.79 Å². The van der Waals surface area contributed by atoms with Crippen LogP contribution in [-0.2, 0) is 32.6 Å². The summed E-state index contributed by atoms with van der Waals surface area (Å²) >= 11 is 1.86. The van der Waals surface area contributed by atoms with E-state index in [0.29, 0.717) is 17.2 Å². The van der Waals surface area contributed by atoms with Crippen molar-refractivity contribution in [2.24, 2.45) is 0 Å². The Balaban J connectivity index is 0.00000114. The van der Waals surface area contributed by atoms with Crippen LogP contribution in [0.2, 0.25) is 0 Å². The van der Waals surface area contributed by atoms with Crippen molar-refractivity contribution in [3.05, 3.63) is 101 Å². The number of carboxylic acids is 1. The molecule has 0 saturated heterocycles. The van der Waals surface area contributed by atoms with Gasteiger partial charge in [0.05, 0.1) is 18.6 Å². The fourth-order valence-electron chi connectivity index (χ4n) is 4.16. The minimum atomic E-state index is -3.40.